The molecular formula is C9H15NO3. The third kappa shape index (κ3) is 1.69. The Morgan fingerprint density at radius 1 is 1.46 bits per heavy atom. The Balaban J connectivity index is 1.99. The van der Waals surface area contributed by atoms with E-state index in [-0.39, 0.29) is 0 Å². The zero-order valence-electron chi connectivity index (χ0n) is 7.61. The molecule has 0 aromatic heterocycles. The summed E-state index contributed by atoms with van der Waals surface area (Å²) in [5.41, 5.74) is 0. The highest BCUT2D eigenvalue weighted by molar-refractivity contribution is 5.73. The van der Waals surface area contributed by atoms with Gasteiger partial charge in [0.2, 0.25) is 0 Å². The standard InChI is InChI=1S/C9H15NO3/c11-9(12)8-6-13-5-4-10(8)7-2-1-3-7/h7-8H,1-6H2,(H,11,12). The molecule has 13 heavy (non-hydrogen) atoms. The van der Waals surface area contributed by atoms with E-state index in [2.05, 4.69) is 4.90 Å². The lowest BCUT2D eigenvalue weighted by atomic mass is 9.90. The van der Waals surface area contributed by atoms with Gasteiger partial charge in [-0.05, 0) is 12.8 Å². The van der Waals surface area contributed by atoms with E-state index in [4.69, 9.17) is 9.84 Å². The maximum absolute atomic E-state index is 10.9. The first-order valence-corrected chi connectivity index (χ1v) is 4.85. The fourth-order valence-corrected chi connectivity index (χ4v) is 1.99. The van der Waals surface area contributed by atoms with E-state index >= 15 is 0 Å². The Labute approximate surface area is 77.5 Å². The first-order chi connectivity index (χ1) is 6.29. The van der Waals surface area contributed by atoms with Gasteiger partial charge in [0.1, 0.15) is 6.04 Å². The number of hydrogen-bond donors (Lipinski definition) is 1. The topological polar surface area (TPSA) is 49.8 Å². The van der Waals surface area contributed by atoms with Crippen molar-refractivity contribution in [2.24, 2.45) is 0 Å². The lowest BCUT2D eigenvalue weighted by Crippen LogP contribution is -2.56. The van der Waals surface area contributed by atoms with Crippen molar-refractivity contribution in [2.75, 3.05) is 19.8 Å². The summed E-state index contributed by atoms with van der Waals surface area (Å²) in [5, 5.41) is 8.96. The molecule has 1 N–H and O–H groups in total. The van der Waals surface area contributed by atoms with Crippen molar-refractivity contribution in [3.63, 3.8) is 0 Å². The minimum Gasteiger partial charge on any atom is -0.480 e. The van der Waals surface area contributed by atoms with Gasteiger partial charge in [-0.15, -0.1) is 0 Å². The number of aliphatic carboxylic acids is 1. The fourth-order valence-electron chi connectivity index (χ4n) is 1.99. The van der Waals surface area contributed by atoms with Gasteiger partial charge in [-0.2, -0.15) is 0 Å². The number of rotatable bonds is 2. The van der Waals surface area contributed by atoms with Gasteiger partial charge in [0.15, 0.2) is 0 Å². The Morgan fingerprint density at radius 2 is 2.23 bits per heavy atom. The van der Waals surface area contributed by atoms with Crippen LogP contribution in [0.5, 0.6) is 0 Å². The average molecular weight is 185 g/mol. The Bertz CT molecular complexity index is 203. The van der Waals surface area contributed by atoms with Crippen LogP contribution in [0, 0.1) is 0 Å². The maximum atomic E-state index is 10.9. The minimum atomic E-state index is -0.744. The summed E-state index contributed by atoms with van der Waals surface area (Å²) in [6.45, 7) is 1.81. The van der Waals surface area contributed by atoms with Crippen LogP contribution < -0.4 is 0 Å². The van der Waals surface area contributed by atoms with Crippen LogP contribution in [0.3, 0.4) is 0 Å². The molecule has 0 amide bonds. The van der Waals surface area contributed by atoms with Gasteiger partial charge in [0.05, 0.1) is 13.2 Å². The van der Waals surface area contributed by atoms with Gasteiger partial charge in [-0.3, -0.25) is 9.69 Å². The second-order valence-corrected chi connectivity index (χ2v) is 3.75. The van der Waals surface area contributed by atoms with E-state index in [9.17, 15) is 4.79 Å². The molecule has 2 fully saturated rings. The lowest BCUT2D eigenvalue weighted by Gasteiger charge is -2.43. The molecule has 1 aliphatic carbocycles. The van der Waals surface area contributed by atoms with Crippen LogP contribution in [0.1, 0.15) is 19.3 Å². The van der Waals surface area contributed by atoms with Crippen LogP contribution in [0.2, 0.25) is 0 Å². The fraction of sp³-hybridized carbons (Fsp3) is 0.889. The normalized spacial score (nSPS) is 31.2. The average Bonchev–Trinajstić information content (AvgIpc) is 2.02. The smallest absolute Gasteiger partial charge is 0.323 e. The molecule has 4 nitrogen and oxygen atoms in total. The molecule has 0 spiro atoms. The number of carboxylic acids is 1. The van der Waals surface area contributed by atoms with E-state index in [1.165, 1.54) is 6.42 Å². The van der Waals surface area contributed by atoms with Gasteiger partial charge in [-0.1, -0.05) is 6.42 Å². The molecule has 1 saturated heterocycles. The van der Waals surface area contributed by atoms with Crippen LogP contribution in [0.15, 0.2) is 0 Å². The third-order valence-electron chi connectivity index (χ3n) is 3.00. The largest absolute Gasteiger partial charge is 0.480 e. The second kappa shape index (κ2) is 3.64. The van der Waals surface area contributed by atoms with Crippen LogP contribution in [0.25, 0.3) is 0 Å². The molecule has 1 aliphatic heterocycles. The van der Waals surface area contributed by atoms with Crippen molar-refractivity contribution in [1.82, 2.24) is 4.90 Å². The number of nitrogens with zero attached hydrogens (tertiary/aromatic N) is 1. The zero-order chi connectivity index (χ0) is 9.26. The summed E-state index contributed by atoms with van der Waals surface area (Å²) in [6, 6.07) is 0.101. The van der Waals surface area contributed by atoms with Crippen molar-refractivity contribution in [3.8, 4) is 0 Å². The number of morpholine rings is 1. The van der Waals surface area contributed by atoms with Crippen LogP contribution in [0.4, 0.5) is 0 Å². The van der Waals surface area contributed by atoms with E-state index in [0.29, 0.717) is 19.3 Å². The molecule has 74 valence electrons. The van der Waals surface area contributed by atoms with E-state index in [1.54, 1.807) is 0 Å². The SMILES string of the molecule is O=C(O)C1COCCN1C1CCC1. The molecule has 1 saturated carbocycles. The van der Waals surface area contributed by atoms with Crippen LogP contribution >= 0.6 is 0 Å². The molecule has 4 heteroatoms. The van der Waals surface area contributed by atoms with Gasteiger partial charge in [0, 0.05) is 12.6 Å². The summed E-state index contributed by atoms with van der Waals surface area (Å²) in [7, 11) is 0. The number of ether oxygens (including phenoxy) is 1. The molecule has 0 aromatic rings. The van der Waals surface area contributed by atoms with Crippen molar-refractivity contribution in [1.29, 1.82) is 0 Å². The summed E-state index contributed by atoms with van der Waals surface area (Å²) in [5.74, 6) is -0.744. The van der Waals surface area contributed by atoms with Crippen molar-refractivity contribution in [3.05, 3.63) is 0 Å². The van der Waals surface area contributed by atoms with Crippen molar-refractivity contribution in [2.45, 2.75) is 31.3 Å². The first kappa shape index (κ1) is 8.97. The molecular weight excluding hydrogens is 170 g/mol. The van der Waals surface area contributed by atoms with E-state index < -0.39 is 12.0 Å². The Kier molecular flexibility index (Phi) is 2.51. The van der Waals surface area contributed by atoms with Gasteiger partial charge < -0.3 is 9.84 Å². The number of hydrogen-bond acceptors (Lipinski definition) is 3. The molecule has 0 radical (unpaired) electrons. The molecule has 1 heterocycles. The first-order valence-electron chi connectivity index (χ1n) is 4.85. The Hall–Kier alpha value is -0.610. The predicted molar refractivity (Wildman–Crippen MR) is 46.6 cm³/mol. The van der Waals surface area contributed by atoms with Gasteiger partial charge >= 0.3 is 5.97 Å². The number of carbonyl (C=O) groups is 1. The highest BCUT2D eigenvalue weighted by Crippen LogP contribution is 2.27. The van der Waals surface area contributed by atoms with E-state index in [0.717, 1.165) is 19.4 Å². The van der Waals surface area contributed by atoms with Gasteiger partial charge in [0.25, 0.3) is 0 Å². The summed E-state index contributed by atoms with van der Waals surface area (Å²) in [4.78, 5) is 13.0. The molecule has 2 aliphatic rings. The third-order valence-corrected chi connectivity index (χ3v) is 3.00. The monoisotopic (exact) mass is 185 g/mol. The second-order valence-electron chi connectivity index (χ2n) is 3.75. The molecule has 2 rings (SSSR count). The summed E-state index contributed by atoms with van der Waals surface area (Å²) < 4.78 is 5.17. The number of carboxylic acid groups (broad SMARTS) is 1. The van der Waals surface area contributed by atoms with Crippen molar-refractivity contribution >= 4 is 5.97 Å². The summed E-state index contributed by atoms with van der Waals surface area (Å²) >= 11 is 0. The predicted octanol–water partition coefficient (Wildman–Crippen LogP) is 0.324. The highest BCUT2D eigenvalue weighted by Gasteiger charge is 2.36. The lowest BCUT2D eigenvalue weighted by molar-refractivity contribution is -0.153. The molecule has 0 aromatic carbocycles. The van der Waals surface area contributed by atoms with Crippen LogP contribution in [-0.4, -0.2) is 47.8 Å². The van der Waals surface area contributed by atoms with Crippen LogP contribution in [-0.2, 0) is 9.53 Å². The minimum absolute atomic E-state index is 0.353. The quantitative estimate of drug-likeness (QED) is 0.673. The molecule has 1 unspecified atom stereocenters. The zero-order valence-corrected chi connectivity index (χ0v) is 7.61. The molecule has 0 bridgehead atoms. The van der Waals surface area contributed by atoms with Gasteiger partial charge in [-0.25, -0.2) is 0 Å². The van der Waals surface area contributed by atoms with Crippen molar-refractivity contribution < 1.29 is 14.6 Å². The summed E-state index contributed by atoms with van der Waals surface area (Å²) in [6.07, 6.45) is 3.56. The highest BCUT2D eigenvalue weighted by atomic mass is 16.5. The Morgan fingerprint density at radius 3 is 2.77 bits per heavy atom. The maximum Gasteiger partial charge on any atom is 0.323 e. The van der Waals surface area contributed by atoms with E-state index in [1.807, 2.05) is 0 Å². The molecule has 1 atom stereocenters.